The molecule has 0 radical (unpaired) electrons. The van der Waals surface area contributed by atoms with E-state index in [9.17, 15) is 4.79 Å². The Morgan fingerprint density at radius 2 is 1.92 bits per heavy atom. The Morgan fingerprint density at radius 1 is 1.19 bits per heavy atom. The predicted octanol–water partition coefficient (Wildman–Crippen LogP) is 2.20. The van der Waals surface area contributed by atoms with E-state index in [4.69, 9.17) is 9.26 Å². The molecule has 2 aromatic rings. The molecular weight excluding hydrogens is 332 g/mol. The van der Waals surface area contributed by atoms with Crippen molar-refractivity contribution in [2.45, 2.75) is 20.4 Å². The topological polar surface area (TPSA) is 70.8 Å². The molecule has 0 saturated carbocycles. The van der Waals surface area contributed by atoms with Gasteiger partial charge in [-0.2, -0.15) is 0 Å². The van der Waals surface area contributed by atoms with Crippen LogP contribution in [0.1, 0.15) is 17.0 Å². The Kier molecular flexibility index (Phi) is 6.12. The zero-order valence-electron chi connectivity index (χ0n) is 15.4. The van der Waals surface area contributed by atoms with Gasteiger partial charge in [-0.15, -0.1) is 0 Å². The van der Waals surface area contributed by atoms with E-state index in [0.717, 1.165) is 36.8 Å². The monoisotopic (exact) mass is 358 g/mol. The first-order chi connectivity index (χ1) is 12.6. The highest BCUT2D eigenvalue weighted by Gasteiger charge is 2.21. The van der Waals surface area contributed by atoms with Gasteiger partial charge in [-0.25, -0.2) is 4.79 Å². The first-order valence-corrected chi connectivity index (χ1v) is 8.97. The maximum atomic E-state index is 12.2. The van der Waals surface area contributed by atoms with E-state index in [0.29, 0.717) is 26.2 Å². The molecule has 1 fully saturated rings. The quantitative estimate of drug-likeness (QED) is 0.802. The molecule has 140 valence electrons. The highest BCUT2D eigenvalue weighted by Crippen LogP contribution is 2.11. The maximum absolute atomic E-state index is 12.2. The van der Waals surface area contributed by atoms with Gasteiger partial charge < -0.3 is 19.5 Å². The van der Waals surface area contributed by atoms with Gasteiger partial charge in [-0.05, 0) is 26.0 Å². The van der Waals surface area contributed by atoms with E-state index in [1.54, 1.807) is 0 Å². The molecule has 7 heteroatoms. The lowest BCUT2D eigenvalue weighted by Gasteiger charge is -2.34. The third-order valence-corrected chi connectivity index (χ3v) is 4.38. The van der Waals surface area contributed by atoms with Gasteiger partial charge in [0.25, 0.3) is 0 Å². The van der Waals surface area contributed by atoms with Crippen LogP contribution >= 0.6 is 0 Å². The lowest BCUT2D eigenvalue weighted by atomic mass is 10.2. The molecule has 1 saturated heterocycles. The van der Waals surface area contributed by atoms with Gasteiger partial charge in [0.05, 0.1) is 18.8 Å². The van der Waals surface area contributed by atoms with E-state index >= 15 is 0 Å². The standard InChI is InChI=1S/C19H26N4O3/c1-15-3-5-17(6-4-15)25-12-7-20-19(24)23-10-8-22(9-11-23)14-18-13-16(2)21-26-18/h3-6,13H,7-12,14H2,1-2H3,(H,20,24). The average molecular weight is 358 g/mol. The number of carbonyl (C=O) groups excluding carboxylic acids is 1. The molecule has 0 spiro atoms. The number of nitrogens with one attached hydrogen (secondary N) is 1. The number of urea groups is 1. The average Bonchev–Trinajstić information content (AvgIpc) is 3.05. The highest BCUT2D eigenvalue weighted by atomic mass is 16.5. The van der Waals surface area contributed by atoms with Crippen LogP contribution in [0.3, 0.4) is 0 Å². The zero-order valence-corrected chi connectivity index (χ0v) is 15.4. The Bertz CT molecular complexity index is 706. The van der Waals surface area contributed by atoms with Crippen LogP contribution in [-0.2, 0) is 6.54 Å². The van der Waals surface area contributed by atoms with Crippen LogP contribution in [0.5, 0.6) is 5.75 Å². The Balaban J connectivity index is 1.32. The summed E-state index contributed by atoms with van der Waals surface area (Å²) in [5.74, 6) is 1.69. The summed E-state index contributed by atoms with van der Waals surface area (Å²) < 4.78 is 10.9. The zero-order chi connectivity index (χ0) is 18.4. The Labute approximate surface area is 153 Å². The van der Waals surface area contributed by atoms with E-state index in [1.165, 1.54) is 5.56 Å². The van der Waals surface area contributed by atoms with Crippen LogP contribution in [0.25, 0.3) is 0 Å². The van der Waals surface area contributed by atoms with E-state index in [2.05, 4.69) is 15.4 Å². The van der Waals surface area contributed by atoms with Crippen molar-refractivity contribution in [3.8, 4) is 5.75 Å². The second kappa shape index (κ2) is 8.71. The van der Waals surface area contributed by atoms with Gasteiger partial charge in [-0.1, -0.05) is 22.9 Å². The molecule has 1 aromatic heterocycles. The molecule has 1 aliphatic heterocycles. The summed E-state index contributed by atoms with van der Waals surface area (Å²) in [7, 11) is 0. The SMILES string of the molecule is Cc1ccc(OCCNC(=O)N2CCN(Cc3cc(C)no3)CC2)cc1. The fourth-order valence-electron chi connectivity index (χ4n) is 2.89. The van der Waals surface area contributed by atoms with Crippen LogP contribution in [0.4, 0.5) is 4.79 Å². The summed E-state index contributed by atoms with van der Waals surface area (Å²) in [6.07, 6.45) is 0. The van der Waals surface area contributed by atoms with Gasteiger partial charge in [0.2, 0.25) is 0 Å². The summed E-state index contributed by atoms with van der Waals surface area (Å²) in [6, 6.07) is 9.81. The van der Waals surface area contributed by atoms with Gasteiger partial charge in [-0.3, -0.25) is 4.90 Å². The molecule has 0 bridgehead atoms. The third-order valence-electron chi connectivity index (χ3n) is 4.38. The van der Waals surface area contributed by atoms with E-state index in [1.807, 2.05) is 49.1 Å². The number of carbonyl (C=O) groups is 1. The highest BCUT2D eigenvalue weighted by molar-refractivity contribution is 5.74. The van der Waals surface area contributed by atoms with Crippen molar-refractivity contribution in [2.75, 3.05) is 39.3 Å². The van der Waals surface area contributed by atoms with Gasteiger partial charge in [0.1, 0.15) is 12.4 Å². The van der Waals surface area contributed by atoms with Crippen LogP contribution in [0.15, 0.2) is 34.9 Å². The van der Waals surface area contributed by atoms with Crippen molar-refractivity contribution in [1.29, 1.82) is 0 Å². The van der Waals surface area contributed by atoms with Crippen molar-refractivity contribution in [3.63, 3.8) is 0 Å². The fraction of sp³-hybridized carbons (Fsp3) is 0.474. The van der Waals surface area contributed by atoms with Gasteiger partial charge in [0.15, 0.2) is 5.76 Å². The largest absolute Gasteiger partial charge is 0.492 e. The van der Waals surface area contributed by atoms with Crippen molar-refractivity contribution in [2.24, 2.45) is 0 Å². The molecule has 2 heterocycles. The second-order valence-electron chi connectivity index (χ2n) is 6.59. The molecule has 1 aliphatic rings. The number of hydrogen-bond acceptors (Lipinski definition) is 5. The first kappa shape index (κ1) is 18.3. The number of rotatable bonds is 6. The van der Waals surface area contributed by atoms with E-state index < -0.39 is 0 Å². The summed E-state index contributed by atoms with van der Waals surface area (Å²) in [4.78, 5) is 16.3. The van der Waals surface area contributed by atoms with Crippen LogP contribution in [0, 0.1) is 13.8 Å². The van der Waals surface area contributed by atoms with Crippen molar-refractivity contribution in [1.82, 2.24) is 20.3 Å². The summed E-state index contributed by atoms with van der Waals surface area (Å²) in [6.45, 7) is 8.70. The van der Waals surface area contributed by atoms with Crippen molar-refractivity contribution < 1.29 is 14.1 Å². The molecule has 3 rings (SSSR count). The van der Waals surface area contributed by atoms with Crippen molar-refractivity contribution in [3.05, 3.63) is 47.3 Å². The summed E-state index contributed by atoms with van der Waals surface area (Å²) >= 11 is 0. The molecule has 0 aliphatic carbocycles. The number of aryl methyl sites for hydroxylation is 2. The maximum Gasteiger partial charge on any atom is 0.317 e. The molecule has 7 nitrogen and oxygen atoms in total. The number of benzene rings is 1. The summed E-state index contributed by atoms with van der Waals surface area (Å²) in [5, 5.41) is 6.82. The molecule has 0 atom stereocenters. The molecule has 1 aromatic carbocycles. The van der Waals surface area contributed by atoms with Crippen LogP contribution in [-0.4, -0.2) is 60.3 Å². The van der Waals surface area contributed by atoms with Crippen LogP contribution < -0.4 is 10.1 Å². The third kappa shape index (κ3) is 5.23. The van der Waals surface area contributed by atoms with Crippen LogP contribution in [0.2, 0.25) is 0 Å². The molecule has 1 N–H and O–H groups in total. The number of amides is 2. The number of hydrogen-bond donors (Lipinski definition) is 1. The summed E-state index contributed by atoms with van der Waals surface area (Å²) in [5.41, 5.74) is 2.09. The van der Waals surface area contributed by atoms with Gasteiger partial charge >= 0.3 is 6.03 Å². The Morgan fingerprint density at radius 3 is 2.58 bits per heavy atom. The predicted molar refractivity (Wildman–Crippen MR) is 98.2 cm³/mol. The number of aromatic nitrogens is 1. The molecular formula is C19H26N4O3. The number of ether oxygens (including phenoxy) is 1. The smallest absolute Gasteiger partial charge is 0.317 e. The molecule has 26 heavy (non-hydrogen) atoms. The van der Waals surface area contributed by atoms with E-state index in [-0.39, 0.29) is 6.03 Å². The fourth-order valence-corrected chi connectivity index (χ4v) is 2.89. The first-order valence-electron chi connectivity index (χ1n) is 8.97. The Hall–Kier alpha value is -2.54. The normalized spacial score (nSPS) is 15.1. The second-order valence-corrected chi connectivity index (χ2v) is 6.59. The van der Waals surface area contributed by atoms with Crippen molar-refractivity contribution >= 4 is 6.03 Å². The minimum Gasteiger partial charge on any atom is -0.492 e. The number of piperazine rings is 1. The molecule has 2 amide bonds. The lowest BCUT2D eigenvalue weighted by Crippen LogP contribution is -2.51. The number of nitrogens with zero attached hydrogens (tertiary/aromatic N) is 3. The minimum absolute atomic E-state index is 0.0346. The minimum atomic E-state index is -0.0346. The molecule has 0 unspecified atom stereocenters. The lowest BCUT2D eigenvalue weighted by molar-refractivity contribution is 0.127. The van der Waals surface area contributed by atoms with Gasteiger partial charge in [0, 0.05) is 32.2 Å².